The molecular weight excluding hydrogens is 394 g/mol. The first-order valence-electron chi connectivity index (χ1n) is 11.7. The van der Waals surface area contributed by atoms with Gasteiger partial charge in [0.25, 0.3) is 0 Å². The lowest BCUT2D eigenvalue weighted by atomic mass is 9.67. The summed E-state index contributed by atoms with van der Waals surface area (Å²) >= 11 is 0. The monoisotopic (exact) mass is 419 g/mol. The minimum atomic E-state index is -0.850. The third kappa shape index (κ3) is 2.39. The van der Waals surface area contributed by atoms with Crippen molar-refractivity contribution >= 4 is 33.2 Å². The van der Waals surface area contributed by atoms with Crippen LogP contribution in [-0.4, -0.2) is 11.1 Å². The van der Waals surface area contributed by atoms with Crippen molar-refractivity contribution in [3.05, 3.63) is 89.5 Å². The molecule has 2 saturated carbocycles. The molecular formula is C29H25NO2. The lowest BCUT2D eigenvalue weighted by molar-refractivity contribution is 0.0697. The fourth-order valence-corrected chi connectivity index (χ4v) is 7.36. The molecule has 32 heavy (non-hydrogen) atoms. The Kier molecular flexibility index (Phi) is 3.76. The Hall–Kier alpha value is -3.33. The van der Waals surface area contributed by atoms with Gasteiger partial charge in [0.05, 0.1) is 17.3 Å². The summed E-state index contributed by atoms with van der Waals surface area (Å²) < 4.78 is 0. The van der Waals surface area contributed by atoms with Crippen LogP contribution in [0.1, 0.15) is 52.7 Å². The maximum atomic E-state index is 12.2. The van der Waals surface area contributed by atoms with Gasteiger partial charge in [-0.05, 0) is 87.7 Å². The summed E-state index contributed by atoms with van der Waals surface area (Å²) in [6, 6.07) is 25.6. The molecule has 1 aliphatic heterocycles. The number of nitrogens with one attached hydrogen (secondary N) is 1. The summed E-state index contributed by atoms with van der Waals surface area (Å²) in [6.45, 7) is 0. The summed E-state index contributed by atoms with van der Waals surface area (Å²) in [7, 11) is 0. The molecule has 2 bridgehead atoms. The zero-order valence-electron chi connectivity index (χ0n) is 17.8. The van der Waals surface area contributed by atoms with Crippen LogP contribution in [-0.2, 0) is 0 Å². The summed E-state index contributed by atoms with van der Waals surface area (Å²) in [6.07, 6.45) is 3.83. The molecule has 158 valence electrons. The van der Waals surface area contributed by atoms with Crippen LogP contribution in [0, 0.1) is 17.8 Å². The van der Waals surface area contributed by atoms with Gasteiger partial charge >= 0.3 is 5.97 Å². The Labute approximate surface area is 187 Å². The molecule has 4 aromatic rings. The van der Waals surface area contributed by atoms with Crippen LogP contribution in [0.5, 0.6) is 0 Å². The summed E-state index contributed by atoms with van der Waals surface area (Å²) in [4.78, 5) is 12.2. The number of carboxylic acid groups (broad SMARTS) is 1. The largest absolute Gasteiger partial charge is 0.478 e. The average Bonchev–Trinajstić information content (AvgIpc) is 3.44. The van der Waals surface area contributed by atoms with Gasteiger partial charge in [-0.2, -0.15) is 0 Å². The number of fused-ring (bicyclic) bond motifs is 9. The zero-order valence-corrected chi connectivity index (χ0v) is 17.8. The van der Waals surface area contributed by atoms with Crippen LogP contribution in [0.15, 0.2) is 72.8 Å². The molecule has 3 heteroatoms. The summed E-state index contributed by atoms with van der Waals surface area (Å²) in [5.41, 5.74) is 3.81. The lowest BCUT2D eigenvalue weighted by Crippen LogP contribution is -2.36. The van der Waals surface area contributed by atoms with Crippen LogP contribution in [0.4, 0.5) is 5.69 Å². The van der Waals surface area contributed by atoms with E-state index in [0.717, 1.165) is 5.69 Å². The molecule has 3 nitrogen and oxygen atoms in total. The number of aromatic carboxylic acids is 1. The average molecular weight is 420 g/mol. The van der Waals surface area contributed by atoms with Gasteiger partial charge in [0.1, 0.15) is 0 Å². The zero-order chi connectivity index (χ0) is 21.4. The highest BCUT2D eigenvalue weighted by Gasteiger charge is 2.54. The third-order valence-electron chi connectivity index (χ3n) is 8.48. The molecule has 2 aliphatic carbocycles. The van der Waals surface area contributed by atoms with E-state index in [9.17, 15) is 9.90 Å². The van der Waals surface area contributed by atoms with Gasteiger partial charge in [-0.15, -0.1) is 0 Å². The van der Waals surface area contributed by atoms with Gasteiger partial charge in [-0.3, -0.25) is 0 Å². The molecule has 0 aromatic heterocycles. The minimum Gasteiger partial charge on any atom is -0.478 e. The molecule has 1 heterocycles. The molecule has 5 atom stereocenters. The number of hydrogen-bond acceptors (Lipinski definition) is 2. The normalized spacial score (nSPS) is 27.8. The standard InChI is InChI=1S/C29H25NO2/c31-29(32)23-11-5-10-22-24-18-12-13-19(15-18)25(24)28(30-27(22)23)26-20-8-3-1-6-16(20)14-17-7-2-4-9-21(17)26/h1-11,14,18-19,24-25,28,30H,12-13,15H2,(H,31,32)/t18-,19-,24+,25-,28-/m0/s1. The van der Waals surface area contributed by atoms with E-state index in [0.29, 0.717) is 29.2 Å². The van der Waals surface area contributed by atoms with Gasteiger partial charge in [-0.25, -0.2) is 4.79 Å². The van der Waals surface area contributed by atoms with Gasteiger partial charge in [0, 0.05) is 0 Å². The van der Waals surface area contributed by atoms with Crippen molar-refractivity contribution in [1.29, 1.82) is 0 Å². The SMILES string of the molecule is O=C(O)c1cccc2c1N[C@H](c1c3ccccc3cc3ccccc13)[C@H]1[C@H]3CC[C@@H](C3)[C@H]21. The Bertz CT molecular complexity index is 1350. The molecule has 2 fully saturated rings. The first-order valence-corrected chi connectivity index (χ1v) is 11.7. The van der Waals surface area contributed by atoms with Crippen molar-refractivity contribution in [2.75, 3.05) is 5.32 Å². The molecule has 0 unspecified atom stereocenters. The van der Waals surface area contributed by atoms with Crippen LogP contribution in [0.3, 0.4) is 0 Å². The Morgan fingerprint density at radius 2 is 1.53 bits per heavy atom. The molecule has 2 N–H and O–H groups in total. The third-order valence-corrected chi connectivity index (χ3v) is 8.48. The number of para-hydroxylation sites is 1. The first kappa shape index (κ1) is 18.3. The van der Waals surface area contributed by atoms with Gasteiger partial charge in [-0.1, -0.05) is 60.7 Å². The lowest BCUT2D eigenvalue weighted by Gasteiger charge is -2.44. The molecule has 0 saturated heterocycles. The van der Waals surface area contributed by atoms with Crippen LogP contribution < -0.4 is 5.32 Å². The molecule has 4 aromatic carbocycles. The second-order valence-corrected chi connectivity index (χ2v) is 9.87. The smallest absolute Gasteiger partial charge is 0.337 e. The first-order chi connectivity index (χ1) is 15.7. The second kappa shape index (κ2) is 6.59. The molecule has 0 spiro atoms. The van der Waals surface area contributed by atoms with Crippen molar-refractivity contribution in [3.8, 4) is 0 Å². The number of anilines is 1. The number of hydrogen-bond donors (Lipinski definition) is 2. The summed E-state index contributed by atoms with van der Waals surface area (Å²) in [5.74, 6) is 1.45. The van der Waals surface area contributed by atoms with E-state index in [1.54, 1.807) is 6.07 Å². The quantitative estimate of drug-likeness (QED) is 0.344. The summed E-state index contributed by atoms with van der Waals surface area (Å²) in [5, 5.41) is 18.9. The van der Waals surface area contributed by atoms with Crippen molar-refractivity contribution in [1.82, 2.24) is 0 Å². The fourth-order valence-electron chi connectivity index (χ4n) is 7.36. The maximum absolute atomic E-state index is 12.2. The van der Waals surface area contributed by atoms with E-state index in [1.807, 2.05) is 6.07 Å². The predicted molar refractivity (Wildman–Crippen MR) is 128 cm³/mol. The highest BCUT2D eigenvalue weighted by atomic mass is 16.4. The Morgan fingerprint density at radius 1 is 0.844 bits per heavy atom. The van der Waals surface area contributed by atoms with E-state index in [4.69, 9.17) is 0 Å². The van der Waals surface area contributed by atoms with E-state index in [1.165, 1.54) is 51.9 Å². The van der Waals surface area contributed by atoms with Crippen molar-refractivity contribution in [2.45, 2.75) is 31.2 Å². The van der Waals surface area contributed by atoms with Gasteiger partial charge in [0.15, 0.2) is 0 Å². The van der Waals surface area contributed by atoms with Gasteiger partial charge < -0.3 is 10.4 Å². The number of carbonyl (C=O) groups is 1. The van der Waals surface area contributed by atoms with E-state index in [-0.39, 0.29) is 6.04 Å². The second-order valence-electron chi connectivity index (χ2n) is 9.87. The minimum absolute atomic E-state index is 0.110. The van der Waals surface area contributed by atoms with Crippen LogP contribution >= 0.6 is 0 Å². The fraction of sp³-hybridized carbons (Fsp3) is 0.276. The van der Waals surface area contributed by atoms with Crippen molar-refractivity contribution in [2.24, 2.45) is 17.8 Å². The number of rotatable bonds is 2. The van der Waals surface area contributed by atoms with Crippen LogP contribution in [0.2, 0.25) is 0 Å². The van der Waals surface area contributed by atoms with Crippen molar-refractivity contribution in [3.63, 3.8) is 0 Å². The van der Waals surface area contributed by atoms with E-state index < -0.39 is 5.97 Å². The van der Waals surface area contributed by atoms with E-state index >= 15 is 0 Å². The van der Waals surface area contributed by atoms with Crippen LogP contribution in [0.25, 0.3) is 21.5 Å². The van der Waals surface area contributed by atoms with Gasteiger partial charge in [0.2, 0.25) is 0 Å². The number of benzene rings is 4. The predicted octanol–water partition coefficient (Wildman–Crippen LogP) is 6.99. The number of carboxylic acids is 1. The topological polar surface area (TPSA) is 49.3 Å². The van der Waals surface area contributed by atoms with Crippen molar-refractivity contribution < 1.29 is 9.90 Å². The molecule has 7 rings (SSSR count). The van der Waals surface area contributed by atoms with E-state index in [2.05, 4.69) is 66.0 Å². The Morgan fingerprint density at radius 3 is 2.25 bits per heavy atom. The molecule has 0 amide bonds. The maximum Gasteiger partial charge on any atom is 0.337 e. The molecule has 0 radical (unpaired) electrons. The highest BCUT2D eigenvalue weighted by Crippen LogP contribution is 2.64. The highest BCUT2D eigenvalue weighted by molar-refractivity contribution is 6.03. The Balaban J connectivity index is 1.54. The molecule has 3 aliphatic rings.